The van der Waals surface area contributed by atoms with E-state index in [9.17, 15) is 25.0 Å². The Morgan fingerprint density at radius 2 is 1.57 bits per heavy atom. The molecule has 35 heavy (non-hydrogen) atoms. The van der Waals surface area contributed by atoms with E-state index >= 15 is 0 Å². The molecule has 0 heterocycles. The van der Waals surface area contributed by atoms with E-state index in [4.69, 9.17) is 9.47 Å². The molecule has 1 N–H and O–H groups in total. The average molecular weight is 543 g/mol. The van der Waals surface area contributed by atoms with Gasteiger partial charge in [0.1, 0.15) is 6.61 Å². The number of amides is 1. The molecule has 12 heteroatoms. The van der Waals surface area contributed by atoms with Crippen molar-refractivity contribution in [1.29, 1.82) is 0 Å². The lowest BCUT2D eigenvalue weighted by molar-refractivity contribution is -0.385. The van der Waals surface area contributed by atoms with Crippen LogP contribution in [0.4, 0.5) is 11.4 Å². The van der Waals surface area contributed by atoms with Crippen LogP contribution >= 0.6 is 15.9 Å². The number of non-ortho nitro benzene ring substituents is 2. The topological polar surface area (TPSA) is 146 Å². The second-order valence-corrected chi connectivity index (χ2v) is 7.99. The predicted molar refractivity (Wildman–Crippen MR) is 131 cm³/mol. The Balaban J connectivity index is 1.60. The molecule has 0 aliphatic heterocycles. The molecule has 0 bridgehead atoms. The van der Waals surface area contributed by atoms with Crippen LogP contribution in [-0.2, 0) is 17.8 Å². The van der Waals surface area contributed by atoms with E-state index in [-0.39, 0.29) is 30.3 Å². The van der Waals surface area contributed by atoms with Crippen LogP contribution in [0.25, 0.3) is 0 Å². The number of rotatable bonds is 10. The number of methoxy groups -OCH3 is 1. The quantitative estimate of drug-likeness (QED) is 0.224. The van der Waals surface area contributed by atoms with Gasteiger partial charge in [-0.1, -0.05) is 12.1 Å². The zero-order chi connectivity index (χ0) is 25.4. The number of nitrogens with one attached hydrogen (secondary N) is 1. The maximum absolute atomic E-state index is 12.1. The third-order valence-electron chi connectivity index (χ3n) is 4.70. The molecule has 3 rings (SSSR count). The van der Waals surface area contributed by atoms with Crippen molar-refractivity contribution in [2.45, 2.75) is 13.0 Å². The molecule has 0 atom stereocenters. The van der Waals surface area contributed by atoms with Crippen LogP contribution in [0.5, 0.6) is 11.5 Å². The maximum atomic E-state index is 12.1. The van der Waals surface area contributed by atoms with Gasteiger partial charge in [-0.15, -0.1) is 0 Å². The van der Waals surface area contributed by atoms with Gasteiger partial charge in [0.05, 0.1) is 34.1 Å². The Labute approximate surface area is 207 Å². The molecule has 0 fully saturated rings. The van der Waals surface area contributed by atoms with Crippen molar-refractivity contribution in [1.82, 2.24) is 5.43 Å². The van der Waals surface area contributed by atoms with Crippen LogP contribution < -0.4 is 14.9 Å². The Bertz CT molecular complexity index is 1260. The van der Waals surface area contributed by atoms with Crippen LogP contribution in [0.15, 0.2) is 70.2 Å². The summed E-state index contributed by atoms with van der Waals surface area (Å²) in [4.78, 5) is 32.6. The fourth-order valence-electron chi connectivity index (χ4n) is 2.96. The van der Waals surface area contributed by atoms with Gasteiger partial charge in [-0.25, -0.2) is 5.43 Å². The second-order valence-electron chi connectivity index (χ2n) is 7.14. The minimum Gasteiger partial charge on any atom is -0.493 e. The van der Waals surface area contributed by atoms with Crippen molar-refractivity contribution in [3.8, 4) is 11.5 Å². The number of nitro groups is 2. The number of benzene rings is 3. The largest absolute Gasteiger partial charge is 0.493 e. The smallest absolute Gasteiger partial charge is 0.269 e. The highest BCUT2D eigenvalue weighted by Crippen LogP contribution is 2.37. The zero-order valence-corrected chi connectivity index (χ0v) is 19.9. The average Bonchev–Trinajstić information content (AvgIpc) is 2.83. The van der Waals surface area contributed by atoms with Crippen molar-refractivity contribution < 1.29 is 24.1 Å². The monoisotopic (exact) mass is 542 g/mol. The van der Waals surface area contributed by atoms with Gasteiger partial charge >= 0.3 is 0 Å². The zero-order valence-electron chi connectivity index (χ0n) is 18.3. The van der Waals surface area contributed by atoms with E-state index in [0.717, 1.165) is 5.56 Å². The molecule has 0 unspecified atom stereocenters. The van der Waals surface area contributed by atoms with Gasteiger partial charge in [-0.3, -0.25) is 25.0 Å². The van der Waals surface area contributed by atoms with E-state index in [1.165, 1.54) is 49.7 Å². The number of halogens is 1. The van der Waals surface area contributed by atoms with Gasteiger partial charge in [0.2, 0.25) is 5.91 Å². The summed E-state index contributed by atoms with van der Waals surface area (Å²) in [5, 5.41) is 25.4. The first kappa shape index (κ1) is 25.3. The lowest BCUT2D eigenvalue weighted by atomic mass is 10.1. The number of carbonyl (C=O) groups is 1. The molecule has 0 aliphatic rings. The molecule has 0 aliphatic carbocycles. The predicted octanol–water partition coefficient (Wildman–Crippen LogP) is 4.55. The first-order chi connectivity index (χ1) is 16.8. The summed E-state index contributed by atoms with van der Waals surface area (Å²) >= 11 is 3.43. The van der Waals surface area contributed by atoms with Crippen molar-refractivity contribution in [3.05, 3.63) is 102 Å². The molecule has 180 valence electrons. The van der Waals surface area contributed by atoms with Gasteiger partial charge in [0.15, 0.2) is 11.5 Å². The number of nitro benzene ring substituents is 2. The van der Waals surface area contributed by atoms with E-state index in [1.54, 1.807) is 24.3 Å². The fourth-order valence-corrected chi connectivity index (χ4v) is 3.54. The summed E-state index contributed by atoms with van der Waals surface area (Å²) in [5.74, 6) is 0.467. The number of nitrogens with zero attached hydrogens (tertiary/aromatic N) is 3. The Kier molecular flexibility index (Phi) is 8.46. The van der Waals surface area contributed by atoms with Crippen molar-refractivity contribution >= 4 is 39.4 Å². The molecule has 1 amide bonds. The summed E-state index contributed by atoms with van der Waals surface area (Å²) in [5.41, 5.74) is 4.33. The number of carbonyl (C=O) groups excluding carboxylic acids is 1. The highest BCUT2D eigenvalue weighted by molar-refractivity contribution is 9.10. The summed E-state index contributed by atoms with van der Waals surface area (Å²) in [6.07, 6.45) is 1.44. The third-order valence-corrected chi connectivity index (χ3v) is 5.29. The van der Waals surface area contributed by atoms with Crippen molar-refractivity contribution in [2.24, 2.45) is 5.10 Å². The minimum absolute atomic E-state index is 0.00372. The van der Waals surface area contributed by atoms with E-state index in [0.29, 0.717) is 27.1 Å². The minimum atomic E-state index is -0.507. The van der Waals surface area contributed by atoms with E-state index < -0.39 is 9.85 Å². The van der Waals surface area contributed by atoms with Gasteiger partial charge < -0.3 is 9.47 Å². The summed E-state index contributed by atoms with van der Waals surface area (Å²) in [7, 11) is 1.48. The molecule has 0 spiro atoms. The van der Waals surface area contributed by atoms with Gasteiger partial charge in [-0.05, 0) is 56.9 Å². The lowest BCUT2D eigenvalue weighted by Gasteiger charge is -2.13. The first-order valence-corrected chi connectivity index (χ1v) is 10.8. The highest BCUT2D eigenvalue weighted by atomic mass is 79.9. The van der Waals surface area contributed by atoms with Crippen LogP contribution in [0.3, 0.4) is 0 Å². The van der Waals surface area contributed by atoms with E-state index in [2.05, 4.69) is 26.5 Å². The molecular formula is C23H19BrN4O7. The molecule has 0 saturated heterocycles. The Morgan fingerprint density at radius 3 is 2.11 bits per heavy atom. The van der Waals surface area contributed by atoms with Gasteiger partial charge in [0.25, 0.3) is 11.4 Å². The third kappa shape index (κ3) is 7.08. The van der Waals surface area contributed by atoms with E-state index in [1.807, 2.05) is 0 Å². The lowest BCUT2D eigenvalue weighted by Crippen LogP contribution is -2.19. The standard InChI is InChI=1S/C23H19BrN4O7/c1-34-21-11-17(13-25-26-22(29)12-15-2-6-18(7-3-15)27(30)31)10-20(24)23(21)35-14-16-4-8-19(9-5-16)28(32)33/h2-11,13H,12,14H2,1H3,(H,26,29)/b25-13-. The van der Waals surface area contributed by atoms with Crippen molar-refractivity contribution in [3.63, 3.8) is 0 Å². The Morgan fingerprint density at radius 1 is 1.00 bits per heavy atom. The molecule has 3 aromatic rings. The summed E-state index contributed by atoms with van der Waals surface area (Å²) in [6, 6.07) is 15.1. The maximum Gasteiger partial charge on any atom is 0.269 e. The molecular weight excluding hydrogens is 524 g/mol. The molecule has 0 saturated carbocycles. The Hall–Kier alpha value is -4.32. The van der Waals surface area contributed by atoms with Crippen LogP contribution in [0.1, 0.15) is 16.7 Å². The normalized spacial score (nSPS) is 10.7. The van der Waals surface area contributed by atoms with Crippen LogP contribution in [0.2, 0.25) is 0 Å². The molecule has 3 aromatic carbocycles. The van der Waals surface area contributed by atoms with Crippen molar-refractivity contribution in [2.75, 3.05) is 7.11 Å². The molecule has 11 nitrogen and oxygen atoms in total. The number of hydrazone groups is 1. The highest BCUT2D eigenvalue weighted by Gasteiger charge is 2.13. The second kappa shape index (κ2) is 11.7. The SMILES string of the molecule is COc1cc(/C=N\NC(=O)Cc2ccc([N+](=O)[O-])cc2)cc(Br)c1OCc1ccc([N+](=O)[O-])cc1. The number of hydrogen-bond donors (Lipinski definition) is 1. The molecule has 0 aromatic heterocycles. The van der Waals surface area contributed by atoms with Gasteiger partial charge in [-0.2, -0.15) is 5.10 Å². The summed E-state index contributed by atoms with van der Waals surface area (Å²) < 4.78 is 11.8. The fraction of sp³-hybridized carbons (Fsp3) is 0.130. The first-order valence-electron chi connectivity index (χ1n) is 10.1. The number of ether oxygens (including phenoxy) is 2. The van der Waals surface area contributed by atoms with Crippen LogP contribution in [-0.4, -0.2) is 29.1 Å². The van der Waals surface area contributed by atoms with Crippen LogP contribution in [0, 0.1) is 20.2 Å². The summed E-state index contributed by atoms with van der Waals surface area (Å²) in [6.45, 7) is 0.166. The van der Waals surface area contributed by atoms with Gasteiger partial charge in [0, 0.05) is 24.3 Å². The molecule has 0 radical (unpaired) electrons. The number of hydrogen-bond acceptors (Lipinski definition) is 8.